The molecule has 1 heterocycles. The molecule has 96 valence electrons. The molecular formula is C10H10BrFN4O2. The number of halogens is 2. The molecule has 1 aromatic heterocycles. The molecule has 0 unspecified atom stereocenters. The van der Waals surface area contributed by atoms with Crippen molar-refractivity contribution in [3.05, 3.63) is 22.4 Å². The fourth-order valence-corrected chi connectivity index (χ4v) is 1.94. The number of primary amides is 1. The lowest BCUT2D eigenvalue weighted by atomic mass is 10.3. The number of nitrogens with two attached hydrogens (primary N) is 2. The van der Waals surface area contributed by atoms with Crippen molar-refractivity contribution in [2.75, 3.05) is 12.3 Å². The van der Waals surface area contributed by atoms with Gasteiger partial charge in [-0.15, -0.1) is 0 Å². The molecule has 0 saturated carbocycles. The van der Waals surface area contributed by atoms with Crippen LogP contribution < -0.4 is 11.5 Å². The molecule has 0 saturated heterocycles. The number of imidazole rings is 1. The van der Waals surface area contributed by atoms with Gasteiger partial charge in [0.15, 0.2) is 0 Å². The minimum Gasteiger partial charge on any atom is -0.448 e. The summed E-state index contributed by atoms with van der Waals surface area (Å²) in [6, 6.07) is 2.85. The highest BCUT2D eigenvalue weighted by Gasteiger charge is 2.11. The Balaban J connectivity index is 2.34. The Morgan fingerprint density at radius 3 is 2.94 bits per heavy atom. The molecule has 0 fully saturated rings. The highest BCUT2D eigenvalue weighted by Crippen LogP contribution is 2.24. The van der Waals surface area contributed by atoms with Crippen molar-refractivity contribution in [3.8, 4) is 0 Å². The average Bonchev–Trinajstić information content (AvgIpc) is 2.56. The van der Waals surface area contributed by atoms with E-state index in [-0.39, 0.29) is 19.1 Å². The average molecular weight is 317 g/mol. The maximum Gasteiger partial charge on any atom is 0.404 e. The second kappa shape index (κ2) is 4.81. The molecule has 0 atom stereocenters. The van der Waals surface area contributed by atoms with Crippen molar-refractivity contribution in [1.82, 2.24) is 9.55 Å². The van der Waals surface area contributed by atoms with E-state index in [0.29, 0.717) is 15.5 Å². The van der Waals surface area contributed by atoms with E-state index in [4.69, 9.17) is 11.5 Å². The van der Waals surface area contributed by atoms with Crippen LogP contribution in [-0.2, 0) is 11.3 Å². The van der Waals surface area contributed by atoms with E-state index in [0.717, 1.165) is 0 Å². The number of fused-ring (bicyclic) bond motifs is 1. The predicted molar refractivity (Wildman–Crippen MR) is 67.3 cm³/mol. The third-order valence-corrected chi connectivity index (χ3v) is 2.99. The Morgan fingerprint density at radius 1 is 1.56 bits per heavy atom. The highest BCUT2D eigenvalue weighted by molar-refractivity contribution is 9.10. The first kappa shape index (κ1) is 12.6. The lowest BCUT2D eigenvalue weighted by Crippen LogP contribution is -2.17. The van der Waals surface area contributed by atoms with E-state index in [9.17, 15) is 9.18 Å². The van der Waals surface area contributed by atoms with Gasteiger partial charge in [0, 0.05) is 6.07 Å². The van der Waals surface area contributed by atoms with Crippen LogP contribution in [0.25, 0.3) is 11.0 Å². The number of rotatable bonds is 3. The van der Waals surface area contributed by atoms with Crippen molar-refractivity contribution in [1.29, 1.82) is 0 Å². The maximum absolute atomic E-state index is 13.5. The first-order valence-electron chi connectivity index (χ1n) is 5.02. The van der Waals surface area contributed by atoms with Gasteiger partial charge in [0.1, 0.15) is 12.4 Å². The van der Waals surface area contributed by atoms with Crippen LogP contribution in [0.15, 0.2) is 16.6 Å². The summed E-state index contributed by atoms with van der Waals surface area (Å²) >= 11 is 3.07. The minimum absolute atomic E-state index is 0.0443. The molecule has 4 N–H and O–H groups in total. The zero-order valence-electron chi connectivity index (χ0n) is 9.19. The van der Waals surface area contributed by atoms with Crippen molar-refractivity contribution in [2.24, 2.45) is 5.73 Å². The Morgan fingerprint density at radius 2 is 2.28 bits per heavy atom. The molecule has 18 heavy (non-hydrogen) atoms. The summed E-state index contributed by atoms with van der Waals surface area (Å²) in [5.74, 6) is -0.199. The summed E-state index contributed by atoms with van der Waals surface area (Å²) in [4.78, 5) is 14.5. The molecular weight excluding hydrogens is 307 g/mol. The number of ether oxygens (including phenoxy) is 1. The lowest BCUT2D eigenvalue weighted by molar-refractivity contribution is 0.153. The molecule has 0 radical (unpaired) electrons. The molecule has 1 aromatic carbocycles. The van der Waals surface area contributed by atoms with Gasteiger partial charge in [-0.2, -0.15) is 0 Å². The first-order valence-corrected chi connectivity index (χ1v) is 5.81. The van der Waals surface area contributed by atoms with Gasteiger partial charge in [0.25, 0.3) is 0 Å². The Hall–Kier alpha value is -1.83. The summed E-state index contributed by atoms with van der Waals surface area (Å²) < 4.78 is 19.9. The summed E-state index contributed by atoms with van der Waals surface area (Å²) in [7, 11) is 0. The zero-order valence-corrected chi connectivity index (χ0v) is 10.8. The van der Waals surface area contributed by atoms with Crippen LogP contribution in [0.2, 0.25) is 0 Å². The van der Waals surface area contributed by atoms with Crippen LogP contribution in [0.5, 0.6) is 0 Å². The van der Waals surface area contributed by atoms with Crippen LogP contribution >= 0.6 is 15.9 Å². The number of hydrogen-bond donors (Lipinski definition) is 2. The monoisotopic (exact) mass is 316 g/mol. The van der Waals surface area contributed by atoms with Crippen molar-refractivity contribution in [3.63, 3.8) is 0 Å². The maximum atomic E-state index is 13.5. The van der Waals surface area contributed by atoms with Crippen LogP contribution in [0.3, 0.4) is 0 Å². The number of anilines is 1. The van der Waals surface area contributed by atoms with Gasteiger partial charge >= 0.3 is 6.09 Å². The Bertz CT molecular complexity index is 613. The normalized spacial score (nSPS) is 10.8. The predicted octanol–water partition coefficient (Wildman–Crippen LogP) is 1.62. The summed E-state index contributed by atoms with van der Waals surface area (Å²) in [5.41, 5.74) is 11.6. The molecule has 1 amide bonds. The number of carbonyl (C=O) groups excluding carboxylic acids is 1. The summed E-state index contributed by atoms with van der Waals surface area (Å²) in [6.45, 7) is 0.301. The van der Waals surface area contributed by atoms with E-state index in [1.54, 1.807) is 4.57 Å². The fourth-order valence-electron chi connectivity index (χ4n) is 1.61. The van der Waals surface area contributed by atoms with Gasteiger partial charge in [0.2, 0.25) is 5.95 Å². The number of nitrogens with zero attached hydrogens (tertiary/aromatic N) is 2. The molecule has 0 bridgehead atoms. The highest BCUT2D eigenvalue weighted by atomic mass is 79.9. The number of amides is 1. The summed E-state index contributed by atoms with van der Waals surface area (Å²) in [6.07, 6.45) is -0.869. The van der Waals surface area contributed by atoms with E-state index in [1.807, 2.05) is 0 Å². The molecule has 2 aromatic rings. The third kappa shape index (κ3) is 2.37. The van der Waals surface area contributed by atoms with Gasteiger partial charge < -0.3 is 20.8 Å². The van der Waals surface area contributed by atoms with Gasteiger partial charge in [-0.25, -0.2) is 14.2 Å². The minimum atomic E-state index is -0.869. The largest absolute Gasteiger partial charge is 0.448 e. The standard InChI is InChI=1S/C10H10BrFN4O2/c11-5-3-7-8(4-6(5)12)16(9(13)15-7)1-2-18-10(14)17/h3-4H,1-2H2,(H2,13,15)(H2,14,17). The van der Waals surface area contributed by atoms with Crippen molar-refractivity contribution < 1.29 is 13.9 Å². The first-order chi connectivity index (χ1) is 8.49. The van der Waals surface area contributed by atoms with Gasteiger partial charge in [0.05, 0.1) is 22.1 Å². The molecule has 0 aliphatic rings. The molecule has 8 heteroatoms. The van der Waals surface area contributed by atoms with E-state index >= 15 is 0 Å². The molecule has 0 spiro atoms. The van der Waals surface area contributed by atoms with Crippen molar-refractivity contribution in [2.45, 2.75) is 6.54 Å². The number of hydrogen-bond acceptors (Lipinski definition) is 4. The topological polar surface area (TPSA) is 96.2 Å². The van der Waals surface area contributed by atoms with Gasteiger partial charge in [-0.3, -0.25) is 0 Å². The number of benzene rings is 1. The van der Waals surface area contributed by atoms with Crippen molar-refractivity contribution >= 4 is 39.0 Å². The fraction of sp³-hybridized carbons (Fsp3) is 0.200. The van der Waals surface area contributed by atoms with Crippen LogP contribution in [0.4, 0.5) is 15.1 Å². The van der Waals surface area contributed by atoms with Gasteiger partial charge in [-0.1, -0.05) is 0 Å². The molecule has 6 nitrogen and oxygen atoms in total. The number of carbonyl (C=O) groups is 1. The second-order valence-electron chi connectivity index (χ2n) is 3.54. The quantitative estimate of drug-likeness (QED) is 0.899. The Kier molecular flexibility index (Phi) is 3.37. The van der Waals surface area contributed by atoms with E-state index < -0.39 is 11.9 Å². The smallest absolute Gasteiger partial charge is 0.404 e. The van der Waals surface area contributed by atoms with E-state index in [1.165, 1.54) is 12.1 Å². The van der Waals surface area contributed by atoms with E-state index in [2.05, 4.69) is 25.7 Å². The van der Waals surface area contributed by atoms with Gasteiger partial charge in [-0.05, 0) is 22.0 Å². The van der Waals surface area contributed by atoms with Crippen LogP contribution in [0.1, 0.15) is 0 Å². The molecule has 2 rings (SSSR count). The molecule has 0 aliphatic heterocycles. The van der Waals surface area contributed by atoms with Crippen LogP contribution in [-0.4, -0.2) is 22.3 Å². The second-order valence-corrected chi connectivity index (χ2v) is 4.40. The Labute approximate surface area is 110 Å². The number of nitrogen functional groups attached to an aromatic ring is 1. The zero-order chi connectivity index (χ0) is 13.3. The lowest BCUT2D eigenvalue weighted by Gasteiger charge is -2.06. The third-order valence-electron chi connectivity index (χ3n) is 2.38. The summed E-state index contributed by atoms with van der Waals surface area (Å²) in [5, 5.41) is 0. The molecule has 0 aliphatic carbocycles. The number of aromatic nitrogens is 2. The SMILES string of the molecule is NC(=O)OCCn1c(N)nc2cc(Br)c(F)cc21. The van der Waals surface area contributed by atoms with Crippen LogP contribution in [0, 0.1) is 5.82 Å².